The highest BCUT2D eigenvalue weighted by molar-refractivity contribution is 6.04. The Morgan fingerprint density at radius 1 is 1.12 bits per heavy atom. The molecule has 33 heavy (non-hydrogen) atoms. The number of fused-ring (bicyclic) bond motifs is 1. The number of anilines is 1. The number of amides is 1. The topological polar surface area (TPSA) is 99.2 Å². The molecule has 0 aliphatic rings. The zero-order valence-electron chi connectivity index (χ0n) is 17.5. The smallest absolute Gasteiger partial charge is 0.255 e. The van der Waals surface area contributed by atoms with Crippen LogP contribution >= 0.6 is 0 Å². The van der Waals surface area contributed by atoms with Crippen LogP contribution < -0.4 is 10.1 Å². The normalized spacial score (nSPS) is 11.0. The minimum Gasteiger partial charge on any atom is -0.487 e. The summed E-state index contributed by atoms with van der Waals surface area (Å²) in [6.07, 6.45) is 3.81. The molecule has 5 aromatic rings. The van der Waals surface area contributed by atoms with Crippen LogP contribution in [0.2, 0.25) is 0 Å². The van der Waals surface area contributed by atoms with Crippen molar-refractivity contribution in [2.75, 3.05) is 5.32 Å². The van der Waals surface area contributed by atoms with Crippen molar-refractivity contribution in [2.45, 2.75) is 13.5 Å². The summed E-state index contributed by atoms with van der Waals surface area (Å²) in [7, 11) is 0. The average molecular weight is 443 g/mol. The summed E-state index contributed by atoms with van der Waals surface area (Å²) in [6.45, 7) is 1.92. The van der Waals surface area contributed by atoms with Crippen LogP contribution in [0.3, 0.4) is 0 Å². The van der Waals surface area contributed by atoms with E-state index in [4.69, 9.17) is 4.74 Å². The van der Waals surface area contributed by atoms with Gasteiger partial charge >= 0.3 is 0 Å². The molecule has 5 rings (SSSR count). The second-order valence-electron chi connectivity index (χ2n) is 7.27. The lowest BCUT2D eigenvalue weighted by atomic mass is 10.2. The van der Waals surface area contributed by atoms with Gasteiger partial charge in [-0.2, -0.15) is 4.68 Å². The van der Waals surface area contributed by atoms with E-state index in [-0.39, 0.29) is 18.2 Å². The molecule has 3 aromatic heterocycles. The van der Waals surface area contributed by atoms with E-state index in [1.807, 2.05) is 35.0 Å². The molecular weight excluding hydrogens is 425 g/mol. The second-order valence-corrected chi connectivity index (χ2v) is 7.27. The monoisotopic (exact) mass is 443 g/mol. The quantitative estimate of drug-likeness (QED) is 0.431. The molecule has 0 aliphatic carbocycles. The fourth-order valence-corrected chi connectivity index (χ4v) is 3.35. The minimum absolute atomic E-state index is 0.139. The van der Waals surface area contributed by atoms with Gasteiger partial charge in [-0.25, -0.2) is 9.37 Å². The van der Waals surface area contributed by atoms with Gasteiger partial charge in [0.25, 0.3) is 5.91 Å². The van der Waals surface area contributed by atoms with Gasteiger partial charge in [0.15, 0.2) is 5.82 Å². The fraction of sp³-hybridized carbons (Fsp3) is 0.0870. The minimum atomic E-state index is -0.509. The Hall–Kier alpha value is -4.60. The van der Waals surface area contributed by atoms with Gasteiger partial charge in [-0.15, -0.1) is 5.10 Å². The summed E-state index contributed by atoms with van der Waals surface area (Å²) in [5.41, 5.74) is 2.54. The summed E-state index contributed by atoms with van der Waals surface area (Å²) >= 11 is 0. The molecule has 0 unspecified atom stereocenters. The number of carbonyl (C=O) groups is 1. The molecule has 0 spiro atoms. The highest BCUT2D eigenvalue weighted by atomic mass is 19.1. The zero-order chi connectivity index (χ0) is 22.8. The molecule has 10 heteroatoms. The van der Waals surface area contributed by atoms with E-state index in [2.05, 4.69) is 25.8 Å². The van der Waals surface area contributed by atoms with Crippen LogP contribution in [0, 0.1) is 12.7 Å². The molecular formula is C23H18FN7O2. The van der Waals surface area contributed by atoms with Gasteiger partial charge < -0.3 is 14.5 Å². The molecule has 164 valence electrons. The van der Waals surface area contributed by atoms with Crippen molar-refractivity contribution in [2.24, 2.45) is 0 Å². The van der Waals surface area contributed by atoms with E-state index < -0.39 is 5.82 Å². The number of hydrogen-bond acceptors (Lipinski definition) is 6. The fourth-order valence-electron chi connectivity index (χ4n) is 3.35. The molecule has 2 aromatic carbocycles. The number of nitrogens with one attached hydrogen (secondary N) is 1. The van der Waals surface area contributed by atoms with Gasteiger partial charge in [-0.05, 0) is 65.9 Å². The molecule has 0 fully saturated rings. The van der Waals surface area contributed by atoms with Gasteiger partial charge in [-0.3, -0.25) is 4.79 Å². The molecule has 9 nitrogen and oxygen atoms in total. The highest BCUT2D eigenvalue weighted by Crippen LogP contribution is 2.21. The van der Waals surface area contributed by atoms with Crippen molar-refractivity contribution in [3.8, 4) is 11.4 Å². The van der Waals surface area contributed by atoms with E-state index >= 15 is 0 Å². The van der Waals surface area contributed by atoms with Crippen LogP contribution in [0.25, 0.3) is 11.3 Å². The van der Waals surface area contributed by atoms with Gasteiger partial charge in [0, 0.05) is 23.6 Å². The van der Waals surface area contributed by atoms with Crippen LogP contribution in [0.1, 0.15) is 21.9 Å². The number of aromatic nitrogens is 6. The summed E-state index contributed by atoms with van der Waals surface area (Å²) in [6, 6.07) is 16.8. The zero-order valence-corrected chi connectivity index (χ0v) is 17.5. The van der Waals surface area contributed by atoms with E-state index in [0.29, 0.717) is 22.8 Å². The first-order valence-corrected chi connectivity index (χ1v) is 10.1. The molecule has 3 heterocycles. The first-order valence-electron chi connectivity index (χ1n) is 10.1. The number of pyridine rings is 1. The van der Waals surface area contributed by atoms with Crippen LogP contribution in [0.4, 0.5) is 10.1 Å². The van der Waals surface area contributed by atoms with Crippen LogP contribution in [-0.4, -0.2) is 35.5 Å². The average Bonchev–Trinajstić information content (AvgIpc) is 3.44. The first kappa shape index (κ1) is 20.3. The Balaban J connectivity index is 1.29. The number of halogens is 1. The summed E-state index contributed by atoms with van der Waals surface area (Å²) in [4.78, 5) is 17.3. The molecule has 1 amide bonds. The molecule has 0 bridgehead atoms. The molecule has 0 saturated carbocycles. The Kier molecular flexibility index (Phi) is 5.23. The third-order valence-electron chi connectivity index (χ3n) is 4.95. The maximum atomic E-state index is 14.3. The number of rotatable bonds is 6. The molecule has 0 saturated heterocycles. The molecule has 0 atom stereocenters. The first-order chi connectivity index (χ1) is 16.1. The van der Waals surface area contributed by atoms with Gasteiger partial charge in [0.05, 0.1) is 5.69 Å². The third kappa shape index (κ3) is 4.26. The maximum Gasteiger partial charge on any atom is 0.255 e. The Morgan fingerprint density at radius 3 is 2.85 bits per heavy atom. The standard InChI is InChI=1S/C23H18FN7O2/c1-15-27-28-29-31(15)21-12-17(8-9-20(21)24)26-23(32)16-5-4-6-19(11-16)33-14-18-13-30-10-3-2-7-22(30)25-18/h2-13H,14H2,1H3,(H,26,32). The van der Waals surface area contributed by atoms with Crippen molar-refractivity contribution in [1.82, 2.24) is 29.6 Å². The summed E-state index contributed by atoms with van der Waals surface area (Å²) in [5, 5.41) is 13.8. The van der Waals surface area contributed by atoms with Crippen molar-refractivity contribution in [1.29, 1.82) is 0 Å². The Morgan fingerprint density at radius 2 is 2.03 bits per heavy atom. The largest absolute Gasteiger partial charge is 0.487 e. The second kappa shape index (κ2) is 8.50. The number of carbonyl (C=O) groups excluding carboxylic acids is 1. The van der Waals surface area contributed by atoms with Gasteiger partial charge in [0.2, 0.25) is 0 Å². The predicted molar refractivity (Wildman–Crippen MR) is 118 cm³/mol. The highest BCUT2D eigenvalue weighted by Gasteiger charge is 2.13. The van der Waals surface area contributed by atoms with Crippen LogP contribution in [-0.2, 0) is 6.61 Å². The van der Waals surface area contributed by atoms with Crippen LogP contribution in [0.15, 0.2) is 73.1 Å². The van der Waals surface area contributed by atoms with Gasteiger partial charge in [-0.1, -0.05) is 12.1 Å². The number of ether oxygens (including phenoxy) is 1. The van der Waals surface area contributed by atoms with Crippen molar-refractivity contribution < 1.29 is 13.9 Å². The summed E-state index contributed by atoms with van der Waals surface area (Å²) in [5.74, 6) is 0.0848. The lowest BCUT2D eigenvalue weighted by Crippen LogP contribution is -2.13. The Bertz CT molecular complexity index is 1430. The predicted octanol–water partition coefficient (Wildman–Crippen LogP) is 3.59. The lowest BCUT2D eigenvalue weighted by Gasteiger charge is -2.10. The third-order valence-corrected chi connectivity index (χ3v) is 4.95. The molecule has 1 N–H and O–H groups in total. The van der Waals surface area contributed by atoms with E-state index in [1.54, 1.807) is 31.2 Å². The Labute approximate surface area is 187 Å². The lowest BCUT2D eigenvalue weighted by molar-refractivity contribution is 0.102. The number of nitrogens with zero attached hydrogens (tertiary/aromatic N) is 6. The van der Waals surface area contributed by atoms with E-state index in [0.717, 1.165) is 11.3 Å². The molecule has 0 radical (unpaired) electrons. The number of benzene rings is 2. The number of tetrazole rings is 1. The maximum absolute atomic E-state index is 14.3. The van der Waals surface area contributed by atoms with Crippen molar-refractivity contribution in [3.05, 3.63) is 96.0 Å². The van der Waals surface area contributed by atoms with Crippen molar-refractivity contribution in [3.63, 3.8) is 0 Å². The van der Waals surface area contributed by atoms with Crippen molar-refractivity contribution >= 4 is 17.2 Å². The SMILES string of the molecule is Cc1nnnn1-c1cc(NC(=O)c2cccc(OCc3cn4ccccc4n3)c2)ccc1F. The summed E-state index contributed by atoms with van der Waals surface area (Å²) < 4.78 is 23.3. The molecule has 0 aliphatic heterocycles. The van der Waals surface area contributed by atoms with E-state index in [1.165, 1.54) is 22.9 Å². The van der Waals surface area contributed by atoms with Gasteiger partial charge in [0.1, 0.15) is 29.5 Å². The van der Waals surface area contributed by atoms with E-state index in [9.17, 15) is 9.18 Å². The van der Waals surface area contributed by atoms with Crippen LogP contribution in [0.5, 0.6) is 5.75 Å². The number of imidazole rings is 1. The number of aryl methyl sites for hydroxylation is 1. The number of hydrogen-bond donors (Lipinski definition) is 1.